The quantitative estimate of drug-likeness (QED) is 0.633. The van der Waals surface area contributed by atoms with E-state index in [1.807, 2.05) is 0 Å². The van der Waals surface area contributed by atoms with Crippen LogP contribution in [-0.2, 0) is 6.54 Å². The van der Waals surface area contributed by atoms with Gasteiger partial charge >= 0.3 is 0 Å². The monoisotopic (exact) mass is 352 g/mol. The summed E-state index contributed by atoms with van der Waals surface area (Å²) in [5, 5.41) is 23.9. The van der Waals surface area contributed by atoms with Gasteiger partial charge < -0.3 is 15.2 Å². The third-order valence-electron chi connectivity index (χ3n) is 2.93. The van der Waals surface area contributed by atoms with Gasteiger partial charge in [-0.05, 0) is 18.2 Å². The number of nitro groups is 1. The number of benzene rings is 2. The van der Waals surface area contributed by atoms with E-state index in [4.69, 9.17) is 4.74 Å². The van der Waals surface area contributed by atoms with Crippen LogP contribution in [0.1, 0.15) is 5.56 Å². The van der Waals surface area contributed by atoms with Crippen LogP contribution < -0.4 is 10.1 Å². The molecule has 0 heterocycles. The minimum absolute atomic E-state index is 0.0187. The number of aromatic hydroxyl groups is 1. The number of ether oxygens (including phenoxy) is 1. The van der Waals surface area contributed by atoms with Crippen molar-refractivity contribution in [2.24, 2.45) is 0 Å². The van der Waals surface area contributed by atoms with Gasteiger partial charge in [0.15, 0.2) is 11.5 Å². The molecule has 6 nitrogen and oxygen atoms in total. The lowest BCUT2D eigenvalue weighted by Crippen LogP contribution is -2.03. The van der Waals surface area contributed by atoms with Gasteiger partial charge in [0.25, 0.3) is 5.69 Å². The van der Waals surface area contributed by atoms with Gasteiger partial charge in [-0.25, -0.2) is 0 Å². The molecule has 21 heavy (non-hydrogen) atoms. The largest absolute Gasteiger partial charge is 0.504 e. The molecule has 0 aromatic heterocycles. The molecule has 0 amide bonds. The highest BCUT2D eigenvalue weighted by Crippen LogP contribution is 2.32. The normalized spacial score (nSPS) is 10.2. The lowest BCUT2D eigenvalue weighted by atomic mass is 10.1. The number of halogens is 1. The van der Waals surface area contributed by atoms with Crippen LogP contribution in [0.15, 0.2) is 40.9 Å². The Kier molecular flexibility index (Phi) is 4.64. The Morgan fingerprint density at radius 2 is 2.14 bits per heavy atom. The average molecular weight is 353 g/mol. The zero-order chi connectivity index (χ0) is 15.4. The molecular formula is C14H13BrN2O4. The van der Waals surface area contributed by atoms with Crippen LogP contribution in [0.2, 0.25) is 0 Å². The van der Waals surface area contributed by atoms with Crippen LogP contribution in [0.3, 0.4) is 0 Å². The van der Waals surface area contributed by atoms with Crippen molar-refractivity contribution in [2.45, 2.75) is 6.54 Å². The lowest BCUT2D eigenvalue weighted by molar-refractivity contribution is -0.384. The van der Waals surface area contributed by atoms with Crippen molar-refractivity contribution in [3.8, 4) is 11.5 Å². The number of nitrogens with zero attached hydrogens (tertiary/aromatic N) is 1. The van der Waals surface area contributed by atoms with Crippen LogP contribution >= 0.6 is 15.9 Å². The minimum Gasteiger partial charge on any atom is -0.504 e. The minimum atomic E-state index is -0.458. The van der Waals surface area contributed by atoms with Crippen molar-refractivity contribution in [1.29, 1.82) is 0 Å². The molecule has 110 valence electrons. The number of anilines is 1. The summed E-state index contributed by atoms with van der Waals surface area (Å²) in [4.78, 5) is 10.5. The standard InChI is InChI=1S/C14H13BrN2O4/c1-21-13-4-2-3-9(14(13)18)8-16-11-7-10(15)5-6-12(11)17(19)20/h2-7,16,18H,8H2,1H3. The molecule has 0 aliphatic heterocycles. The highest BCUT2D eigenvalue weighted by molar-refractivity contribution is 9.10. The first-order chi connectivity index (χ1) is 10.0. The Balaban J connectivity index is 2.24. The zero-order valence-corrected chi connectivity index (χ0v) is 12.8. The molecule has 2 aromatic carbocycles. The van der Waals surface area contributed by atoms with Crippen LogP contribution in [0.4, 0.5) is 11.4 Å². The maximum Gasteiger partial charge on any atom is 0.292 e. The SMILES string of the molecule is COc1cccc(CNc2cc(Br)ccc2[N+](=O)[O-])c1O. The fourth-order valence-corrected chi connectivity index (χ4v) is 2.24. The van der Waals surface area contributed by atoms with Crippen molar-refractivity contribution in [3.63, 3.8) is 0 Å². The second-order valence-electron chi connectivity index (χ2n) is 4.24. The van der Waals surface area contributed by atoms with Gasteiger partial charge in [-0.3, -0.25) is 10.1 Å². The van der Waals surface area contributed by atoms with E-state index in [1.165, 1.54) is 13.2 Å². The molecule has 0 saturated heterocycles. The molecule has 2 rings (SSSR count). The molecule has 0 aliphatic carbocycles. The molecule has 2 N–H and O–H groups in total. The lowest BCUT2D eigenvalue weighted by Gasteiger charge is -2.11. The molecule has 7 heteroatoms. The summed E-state index contributed by atoms with van der Waals surface area (Å²) in [6.45, 7) is 0.236. The van der Waals surface area contributed by atoms with Crippen molar-refractivity contribution in [2.75, 3.05) is 12.4 Å². The van der Waals surface area contributed by atoms with E-state index in [2.05, 4.69) is 21.2 Å². The molecule has 0 bridgehead atoms. The third-order valence-corrected chi connectivity index (χ3v) is 3.42. The topological polar surface area (TPSA) is 84.6 Å². The molecular weight excluding hydrogens is 340 g/mol. The number of phenolic OH excluding ortho intramolecular Hbond substituents is 1. The Morgan fingerprint density at radius 3 is 2.81 bits per heavy atom. The third kappa shape index (κ3) is 3.43. The fraction of sp³-hybridized carbons (Fsp3) is 0.143. The molecule has 0 saturated carbocycles. The van der Waals surface area contributed by atoms with E-state index in [9.17, 15) is 15.2 Å². The molecule has 0 spiro atoms. The van der Waals surface area contributed by atoms with Crippen LogP contribution in [0.25, 0.3) is 0 Å². The smallest absolute Gasteiger partial charge is 0.292 e. The van der Waals surface area contributed by atoms with Gasteiger partial charge in [0.05, 0.1) is 12.0 Å². The molecule has 0 radical (unpaired) electrons. The Bertz CT molecular complexity index is 676. The first-order valence-corrected chi connectivity index (χ1v) is 6.85. The highest BCUT2D eigenvalue weighted by atomic mass is 79.9. The molecule has 0 aliphatic rings. The maximum absolute atomic E-state index is 11.0. The average Bonchev–Trinajstić information content (AvgIpc) is 2.46. The molecule has 0 atom stereocenters. The number of hydrogen-bond acceptors (Lipinski definition) is 5. The number of hydrogen-bond donors (Lipinski definition) is 2. The Labute approximate surface area is 129 Å². The van der Waals surface area contributed by atoms with Gasteiger partial charge in [0, 0.05) is 22.6 Å². The summed E-state index contributed by atoms with van der Waals surface area (Å²) in [6.07, 6.45) is 0. The zero-order valence-electron chi connectivity index (χ0n) is 11.2. The van der Waals surface area contributed by atoms with Crippen LogP contribution in [-0.4, -0.2) is 17.1 Å². The van der Waals surface area contributed by atoms with Crippen molar-refractivity contribution in [1.82, 2.24) is 0 Å². The predicted molar refractivity (Wildman–Crippen MR) is 82.8 cm³/mol. The summed E-state index contributed by atoms with van der Waals surface area (Å²) in [5.74, 6) is 0.378. The van der Waals surface area contributed by atoms with E-state index in [0.717, 1.165) is 4.47 Å². The second-order valence-corrected chi connectivity index (χ2v) is 5.16. The first kappa shape index (κ1) is 15.1. The number of methoxy groups -OCH3 is 1. The predicted octanol–water partition coefficient (Wildman–Crippen LogP) is 3.68. The number of rotatable bonds is 5. The van der Waals surface area contributed by atoms with Gasteiger partial charge in [0.2, 0.25) is 0 Å². The molecule has 0 fully saturated rings. The van der Waals surface area contributed by atoms with Gasteiger partial charge in [-0.15, -0.1) is 0 Å². The maximum atomic E-state index is 11.0. The Morgan fingerprint density at radius 1 is 1.38 bits per heavy atom. The summed E-state index contributed by atoms with van der Waals surface area (Å²) in [7, 11) is 1.46. The van der Waals surface area contributed by atoms with Crippen LogP contribution in [0.5, 0.6) is 11.5 Å². The van der Waals surface area contributed by atoms with E-state index < -0.39 is 4.92 Å². The number of nitrogens with one attached hydrogen (secondary N) is 1. The number of phenols is 1. The summed E-state index contributed by atoms with van der Waals surface area (Å²) in [6, 6.07) is 9.74. The van der Waals surface area contributed by atoms with Gasteiger partial charge in [0.1, 0.15) is 5.69 Å². The van der Waals surface area contributed by atoms with Crippen LogP contribution in [0, 0.1) is 10.1 Å². The highest BCUT2D eigenvalue weighted by Gasteiger charge is 2.14. The first-order valence-electron chi connectivity index (χ1n) is 6.05. The number of para-hydroxylation sites is 1. The summed E-state index contributed by atoms with van der Waals surface area (Å²) >= 11 is 3.28. The number of nitro benzene ring substituents is 1. The van der Waals surface area contributed by atoms with Gasteiger partial charge in [-0.2, -0.15) is 0 Å². The van der Waals surface area contributed by atoms with E-state index in [-0.39, 0.29) is 18.0 Å². The van der Waals surface area contributed by atoms with E-state index in [0.29, 0.717) is 17.0 Å². The molecule has 2 aromatic rings. The Hall–Kier alpha value is -2.28. The summed E-state index contributed by atoms with van der Waals surface area (Å²) in [5.41, 5.74) is 0.931. The summed E-state index contributed by atoms with van der Waals surface area (Å²) < 4.78 is 5.75. The fourth-order valence-electron chi connectivity index (χ4n) is 1.87. The van der Waals surface area contributed by atoms with E-state index in [1.54, 1.807) is 30.3 Å². The van der Waals surface area contributed by atoms with E-state index >= 15 is 0 Å². The van der Waals surface area contributed by atoms with Crippen molar-refractivity contribution >= 4 is 27.3 Å². The van der Waals surface area contributed by atoms with Gasteiger partial charge in [-0.1, -0.05) is 28.1 Å². The second kappa shape index (κ2) is 6.45. The van der Waals surface area contributed by atoms with Crippen molar-refractivity contribution in [3.05, 3.63) is 56.5 Å². The molecule has 0 unspecified atom stereocenters. The van der Waals surface area contributed by atoms with Crippen molar-refractivity contribution < 1.29 is 14.8 Å².